The molecule has 10 rings (SSSR count). The first kappa shape index (κ1) is 35.5. The summed E-state index contributed by atoms with van der Waals surface area (Å²) in [5, 5.41) is 10.2. The van der Waals surface area contributed by atoms with Crippen LogP contribution < -0.4 is 43.7 Å². The van der Waals surface area contributed by atoms with Crippen LogP contribution in [0.3, 0.4) is 0 Å². The van der Waals surface area contributed by atoms with E-state index in [1.807, 2.05) is 0 Å². The molecule has 57 heavy (non-hydrogen) atoms. The van der Waals surface area contributed by atoms with E-state index in [0.29, 0.717) is 0 Å². The molecule has 10 aromatic rings. The maximum atomic E-state index is 6.55. The third-order valence-electron chi connectivity index (χ3n) is 13.5. The van der Waals surface area contributed by atoms with E-state index in [4.69, 9.17) is 4.42 Å². The Bertz CT molecular complexity index is 3240. The first-order valence-corrected chi connectivity index (χ1v) is 20.2. The van der Waals surface area contributed by atoms with E-state index in [-0.39, 0.29) is 0 Å². The van der Waals surface area contributed by atoms with Crippen molar-refractivity contribution in [3.05, 3.63) is 133 Å². The number of furan rings is 1. The average molecular weight is 717 g/mol. The smallest absolute Gasteiger partial charge is 0.139 e. The van der Waals surface area contributed by atoms with Gasteiger partial charge in [-0.1, -0.05) is 131 Å². The van der Waals surface area contributed by atoms with Crippen LogP contribution in [0, 0.1) is 0 Å². The fourth-order valence-corrected chi connectivity index (χ4v) is 9.83. The molecule has 0 bridgehead atoms. The maximum Gasteiger partial charge on any atom is 0.139 e. The Kier molecular flexibility index (Phi) is 8.31. The van der Waals surface area contributed by atoms with Crippen molar-refractivity contribution in [1.29, 1.82) is 0 Å². The van der Waals surface area contributed by atoms with Crippen LogP contribution in [-0.4, -0.2) is 62.8 Å². The van der Waals surface area contributed by atoms with Crippen molar-refractivity contribution in [3.8, 4) is 44.5 Å². The number of fused-ring (bicyclic) bond motifs is 7. The Labute approximate surface area is 341 Å². The lowest BCUT2D eigenvalue weighted by molar-refractivity contribution is 0.669. The minimum atomic E-state index is 0.919. The zero-order chi connectivity index (χ0) is 39.3. The van der Waals surface area contributed by atoms with Crippen molar-refractivity contribution in [1.82, 2.24) is 0 Å². The second-order valence-electron chi connectivity index (χ2n) is 16.2. The minimum Gasteiger partial charge on any atom is -0.456 e. The largest absolute Gasteiger partial charge is 0.456 e. The van der Waals surface area contributed by atoms with Gasteiger partial charge in [0.15, 0.2) is 0 Å². The van der Waals surface area contributed by atoms with Gasteiger partial charge < -0.3 is 4.42 Å². The molecule has 0 fully saturated rings. The average Bonchev–Trinajstić information content (AvgIpc) is 3.64. The van der Waals surface area contributed by atoms with Crippen molar-refractivity contribution in [2.45, 2.75) is 0 Å². The monoisotopic (exact) mass is 718 g/mol. The molecule has 1 heterocycles. The van der Waals surface area contributed by atoms with E-state index >= 15 is 0 Å². The van der Waals surface area contributed by atoms with Crippen molar-refractivity contribution in [2.75, 3.05) is 0 Å². The fraction of sp³-hybridized carbons (Fsp3) is 0. The molecule has 9 aromatic carbocycles. The Balaban J connectivity index is 1.40. The van der Waals surface area contributed by atoms with Crippen LogP contribution in [0.15, 0.2) is 138 Å². The molecule has 1 nitrogen and oxygen atoms in total. The summed E-state index contributed by atoms with van der Waals surface area (Å²) in [5.74, 6) is 0. The van der Waals surface area contributed by atoms with Crippen molar-refractivity contribution < 1.29 is 4.42 Å². The van der Waals surface area contributed by atoms with E-state index in [1.54, 1.807) is 0 Å². The molecule has 0 spiro atoms. The van der Waals surface area contributed by atoms with Gasteiger partial charge in [-0.2, -0.15) is 0 Å². The van der Waals surface area contributed by atoms with Crippen LogP contribution in [-0.2, 0) is 0 Å². The molecule has 0 amide bonds. The molecule has 0 unspecified atom stereocenters. The molecule has 0 N–H and O–H groups in total. The van der Waals surface area contributed by atoms with Crippen LogP contribution in [0.4, 0.5) is 0 Å². The van der Waals surface area contributed by atoms with Crippen LogP contribution in [0.2, 0.25) is 0 Å². The summed E-state index contributed by atoms with van der Waals surface area (Å²) in [7, 11) is 18.6. The van der Waals surface area contributed by atoms with Gasteiger partial charge in [0.25, 0.3) is 0 Å². The molecular formula is C48H38B8O. The van der Waals surface area contributed by atoms with Crippen molar-refractivity contribution >= 4 is 161 Å². The van der Waals surface area contributed by atoms with E-state index in [9.17, 15) is 0 Å². The van der Waals surface area contributed by atoms with E-state index in [1.165, 1.54) is 126 Å². The molecule has 0 aliphatic heterocycles. The predicted molar refractivity (Wildman–Crippen MR) is 273 cm³/mol. The summed E-state index contributed by atoms with van der Waals surface area (Å²) in [4.78, 5) is 0. The molecule has 0 aliphatic carbocycles. The lowest BCUT2D eigenvalue weighted by Gasteiger charge is -2.28. The molecule has 9 heteroatoms. The quantitative estimate of drug-likeness (QED) is 0.182. The molecule has 0 aliphatic rings. The molecule has 0 saturated carbocycles. The maximum absolute atomic E-state index is 6.55. The number of hydrogen-bond acceptors (Lipinski definition) is 1. The second-order valence-corrected chi connectivity index (χ2v) is 16.2. The highest BCUT2D eigenvalue weighted by Gasteiger charge is 2.26. The molecule has 0 radical (unpaired) electrons. The van der Waals surface area contributed by atoms with Gasteiger partial charge in [-0.25, -0.2) is 0 Å². The van der Waals surface area contributed by atoms with Crippen LogP contribution in [0.25, 0.3) is 98.8 Å². The van der Waals surface area contributed by atoms with Gasteiger partial charge in [0.1, 0.15) is 73.9 Å². The second kappa shape index (κ2) is 13.3. The number of rotatable bonds is 4. The topological polar surface area (TPSA) is 13.1 Å². The van der Waals surface area contributed by atoms with Crippen LogP contribution in [0.5, 0.6) is 0 Å². The van der Waals surface area contributed by atoms with Gasteiger partial charge in [0, 0.05) is 10.8 Å². The van der Waals surface area contributed by atoms with Crippen LogP contribution in [0.1, 0.15) is 0 Å². The standard InChI is InChI=1S/C48H38B8O/c49-41-37-34(26-15-18-28(23-9-3-1-4-10-23)30(21-26)24-11-5-2-6-12-24)38-40(44(52)48(56)46(54)42(38)50)35(39(37)43(51)47(55)45(41)53)27-17-19-32-31(22-27)36-29-14-8-7-13-25(29)16-20-33(36)57-32/h1-22H,49-56H2. The van der Waals surface area contributed by atoms with E-state index in [2.05, 4.69) is 196 Å². The SMILES string of the molecule is Bc1c(B)c(B)c2c(-c3ccc4oc5ccc6ccccc6c5c4c3)c3c(B)c(B)c(B)c(B)c3c(-c3ccc(-c4ccccc4)c(-c4ccccc4)c3)c2c1B. The van der Waals surface area contributed by atoms with E-state index < -0.39 is 0 Å². The van der Waals surface area contributed by atoms with Crippen molar-refractivity contribution in [2.24, 2.45) is 0 Å². The summed E-state index contributed by atoms with van der Waals surface area (Å²) in [6.07, 6.45) is 0. The first-order chi connectivity index (χ1) is 27.6. The third-order valence-corrected chi connectivity index (χ3v) is 13.5. The fourth-order valence-electron chi connectivity index (χ4n) is 9.83. The van der Waals surface area contributed by atoms with Crippen molar-refractivity contribution in [3.63, 3.8) is 0 Å². The normalized spacial score (nSPS) is 11.7. The number of benzene rings is 9. The lowest BCUT2D eigenvalue weighted by atomic mass is 9.59. The zero-order valence-corrected chi connectivity index (χ0v) is 34.1. The first-order valence-electron chi connectivity index (χ1n) is 20.2. The highest BCUT2D eigenvalue weighted by molar-refractivity contribution is 6.71. The van der Waals surface area contributed by atoms with Gasteiger partial charge in [-0.3, -0.25) is 0 Å². The van der Waals surface area contributed by atoms with Gasteiger partial charge in [0.2, 0.25) is 0 Å². The summed E-state index contributed by atoms with van der Waals surface area (Å²) in [5.41, 5.74) is 22.7. The van der Waals surface area contributed by atoms with Gasteiger partial charge in [-0.05, 0) is 101 Å². The van der Waals surface area contributed by atoms with Gasteiger partial charge in [0.05, 0.1) is 0 Å². The Morgan fingerprint density at radius 3 is 1.32 bits per heavy atom. The van der Waals surface area contributed by atoms with E-state index in [0.717, 1.165) is 16.6 Å². The van der Waals surface area contributed by atoms with Gasteiger partial charge >= 0.3 is 0 Å². The highest BCUT2D eigenvalue weighted by Crippen LogP contribution is 2.45. The van der Waals surface area contributed by atoms with Gasteiger partial charge in [-0.15, -0.1) is 21.9 Å². The Hall–Kier alpha value is -5.92. The highest BCUT2D eigenvalue weighted by atomic mass is 16.3. The Morgan fingerprint density at radius 2 is 0.754 bits per heavy atom. The number of hydrogen-bond donors (Lipinski definition) is 0. The summed E-state index contributed by atoms with van der Waals surface area (Å²) >= 11 is 0. The summed E-state index contributed by atoms with van der Waals surface area (Å²) in [6, 6.07) is 48.8. The molecule has 1 aromatic heterocycles. The Morgan fingerprint density at radius 1 is 0.298 bits per heavy atom. The molecule has 0 atom stereocenters. The third kappa shape index (κ3) is 5.28. The lowest BCUT2D eigenvalue weighted by Crippen LogP contribution is -2.50. The molecule has 0 saturated heterocycles. The summed E-state index contributed by atoms with van der Waals surface area (Å²) < 4.78 is 6.55. The zero-order valence-electron chi connectivity index (χ0n) is 34.1. The molecular weight excluding hydrogens is 679 g/mol. The summed E-state index contributed by atoms with van der Waals surface area (Å²) in [6.45, 7) is 0. The predicted octanol–water partition coefficient (Wildman–Crippen LogP) is -0.219. The minimum absolute atomic E-state index is 0.919. The molecule has 260 valence electrons. The van der Waals surface area contributed by atoms with Crippen LogP contribution >= 0.6 is 0 Å².